The Morgan fingerprint density at radius 3 is 2.24 bits per heavy atom. The molecule has 25 heavy (non-hydrogen) atoms. The van der Waals surface area contributed by atoms with E-state index in [2.05, 4.69) is 71.2 Å². The topological polar surface area (TPSA) is 35.6 Å². The standard InChI is InChI=1S/C19H21Br2N3O/c1-14-11-16(20)19(17(21)12-14)22-18(25)13-23-7-9-24(10-8-23)15-5-3-2-4-6-15/h2-6,11-12H,7-10,13H2,1H3,(H,22,25). The number of benzene rings is 2. The van der Waals surface area contributed by atoms with Crippen LogP contribution in [0.2, 0.25) is 0 Å². The summed E-state index contributed by atoms with van der Waals surface area (Å²) < 4.78 is 1.78. The minimum Gasteiger partial charge on any atom is -0.369 e. The largest absolute Gasteiger partial charge is 0.369 e. The van der Waals surface area contributed by atoms with Crippen molar-refractivity contribution in [1.82, 2.24) is 4.90 Å². The lowest BCUT2D eigenvalue weighted by molar-refractivity contribution is -0.117. The van der Waals surface area contributed by atoms with Crippen LogP contribution in [-0.4, -0.2) is 43.5 Å². The van der Waals surface area contributed by atoms with Gasteiger partial charge in [-0.05, 0) is 68.6 Å². The number of carbonyl (C=O) groups is 1. The molecule has 0 bridgehead atoms. The zero-order valence-corrected chi connectivity index (χ0v) is 17.3. The van der Waals surface area contributed by atoms with E-state index in [9.17, 15) is 4.79 Å². The van der Waals surface area contributed by atoms with E-state index < -0.39 is 0 Å². The van der Waals surface area contributed by atoms with Crippen molar-refractivity contribution >= 4 is 49.1 Å². The second kappa shape index (κ2) is 8.34. The second-order valence-electron chi connectivity index (χ2n) is 6.25. The van der Waals surface area contributed by atoms with Gasteiger partial charge in [0.1, 0.15) is 0 Å². The van der Waals surface area contributed by atoms with Crippen molar-refractivity contribution < 1.29 is 4.79 Å². The number of rotatable bonds is 4. The molecule has 6 heteroatoms. The predicted octanol–water partition coefficient (Wildman–Crippen LogP) is 4.28. The molecule has 0 aliphatic carbocycles. The number of amides is 1. The number of nitrogens with zero attached hydrogens (tertiary/aromatic N) is 2. The zero-order chi connectivity index (χ0) is 17.8. The molecule has 0 unspecified atom stereocenters. The molecule has 1 aliphatic rings. The SMILES string of the molecule is Cc1cc(Br)c(NC(=O)CN2CCN(c3ccccc3)CC2)c(Br)c1. The molecule has 0 atom stereocenters. The van der Waals surface area contributed by atoms with Crippen molar-refractivity contribution in [3.63, 3.8) is 0 Å². The number of carbonyl (C=O) groups excluding carboxylic acids is 1. The van der Waals surface area contributed by atoms with Gasteiger partial charge < -0.3 is 10.2 Å². The molecule has 3 rings (SSSR count). The van der Waals surface area contributed by atoms with Crippen LogP contribution >= 0.6 is 31.9 Å². The predicted molar refractivity (Wildman–Crippen MR) is 110 cm³/mol. The van der Waals surface area contributed by atoms with Crippen LogP contribution < -0.4 is 10.2 Å². The molecule has 1 aliphatic heterocycles. The number of anilines is 2. The van der Waals surface area contributed by atoms with Gasteiger partial charge in [-0.1, -0.05) is 18.2 Å². The first-order chi connectivity index (χ1) is 12.0. The van der Waals surface area contributed by atoms with E-state index in [1.807, 2.05) is 25.1 Å². The molecule has 1 saturated heterocycles. The van der Waals surface area contributed by atoms with Gasteiger partial charge in [-0.25, -0.2) is 0 Å². The molecule has 1 fully saturated rings. The van der Waals surface area contributed by atoms with Crippen molar-refractivity contribution in [3.8, 4) is 0 Å². The minimum absolute atomic E-state index is 0.0124. The Kier molecular flexibility index (Phi) is 6.15. The van der Waals surface area contributed by atoms with E-state index in [-0.39, 0.29) is 5.91 Å². The summed E-state index contributed by atoms with van der Waals surface area (Å²) in [6.45, 7) is 6.09. The zero-order valence-electron chi connectivity index (χ0n) is 14.1. The van der Waals surface area contributed by atoms with Gasteiger partial charge in [0, 0.05) is 40.8 Å². The van der Waals surface area contributed by atoms with Crippen molar-refractivity contribution in [2.75, 3.05) is 42.9 Å². The fourth-order valence-corrected chi connectivity index (χ4v) is 4.62. The Balaban J connectivity index is 1.53. The molecule has 1 N–H and O–H groups in total. The highest BCUT2D eigenvalue weighted by Crippen LogP contribution is 2.32. The summed E-state index contributed by atoms with van der Waals surface area (Å²) in [6.07, 6.45) is 0. The molecule has 1 amide bonds. The highest BCUT2D eigenvalue weighted by Gasteiger charge is 2.20. The van der Waals surface area contributed by atoms with E-state index in [4.69, 9.17) is 0 Å². The third-order valence-electron chi connectivity index (χ3n) is 4.31. The van der Waals surface area contributed by atoms with Crippen LogP contribution in [0.5, 0.6) is 0 Å². The lowest BCUT2D eigenvalue weighted by Gasteiger charge is -2.35. The van der Waals surface area contributed by atoms with Gasteiger partial charge in [0.2, 0.25) is 5.91 Å². The first-order valence-corrected chi connectivity index (χ1v) is 9.89. The summed E-state index contributed by atoms with van der Waals surface area (Å²) in [7, 11) is 0. The quantitative estimate of drug-likeness (QED) is 0.730. The molecule has 4 nitrogen and oxygen atoms in total. The number of para-hydroxylation sites is 1. The molecular weight excluding hydrogens is 446 g/mol. The lowest BCUT2D eigenvalue weighted by Crippen LogP contribution is -2.48. The van der Waals surface area contributed by atoms with Gasteiger partial charge in [-0.3, -0.25) is 9.69 Å². The summed E-state index contributed by atoms with van der Waals surface area (Å²) in [5.74, 6) is 0.0124. The number of hydrogen-bond donors (Lipinski definition) is 1. The van der Waals surface area contributed by atoms with Crippen LogP contribution in [0, 0.1) is 6.92 Å². The summed E-state index contributed by atoms with van der Waals surface area (Å²) in [5.41, 5.74) is 3.17. The molecule has 132 valence electrons. The van der Waals surface area contributed by atoms with Crippen molar-refractivity contribution in [2.24, 2.45) is 0 Å². The molecule has 0 saturated carbocycles. The van der Waals surface area contributed by atoms with Crippen molar-refractivity contribution in [3.05, 3.63) is 57.0 Å². The van der Waals surface area contributed by atoms with E-state index in [1.54, 1.807) is 0 Å². The van der Waals surface area contributed by atoms with Crippen LogP contribution in [-0.2, 0) is 4.79 Å². The molecule has 2 aromatic rings. The van der Waals surface area contributed by atoms with Crippen LogP contribution in [0.4, 0.5) is 11.4 Å². The average Bonchev–Trinajstić information content (AvgIpc) is 2.59. The Bertz CT molecular complexity index is 721. The van der Waals surface area contributed by atoms with Gasteiger partial charge in [0.25, 0.3) is 0 Å². The van der Waals surface area contributed by atoms with Crippen LogP contribution in [0.1, 0.15) is 5.56 Å². The lowest BCUT2D eigenvalue weighted by atomic mass is 10.2. The molecule has 0 radical (unpaired) electrons. The van der Waals surface area contributed by atoms with Gasteiger partial charge in [-0.2, -0.15) is 0 Å². The fraction of sp³-hybridized carbons (Fsp3) is 0.316. The van der Waals surface area contributed by atoms with Crippen molar-refractivity contribution in [2.45, 2.75) is 6.92 Å². The summed E-state index contributed by atoms with van der Waals surface area (Å²) in [6, 6.07) is 14.4. The third-order valence-corrected chi connectivity index (χ3v) is 5.56. The fourth-order valence-electron chi connectivity index (χ4n) is 3.00. The highest BCUT2D eigenvalue weighted by molar-refractivity contribution is 9.11. The van der Waals surface area contributed by atoms with Gasteiger partial charge in [0.05, 0.1) is 12.2 Å². The van der Waals surface area contributed by atoms with E-state index in [1.165, 1.54) is 5.69 Å². The number of halogens is 2. The van der Waals surface area contributed by atoms with Gasteiger partial charge >= 0.3 is 0 Å². The summed E-state index contributed by atoms with van der Waals surface area (Å²) >= 11 is 7.04. The summed E-state index contributed by atoms with van der Waals surface area (Å²) in [5, 5.41) is 3.01. The van der Waals surface area contributed by atoms with E-state index >= 15 is 0 Å². The maximum absolute atomic E-state index is 12.4. The van der Waals surface area contributed by atoms with E-state index in [0.29, 0.717) is 6.54 Å². The smallest absolute Gasteiger partial charge is 0.238 e. The van der Waals surface area contributed by atoms with Gasteiger partial charge in [-0.15, -0.1) is 0 Å². The average molecular weight is 467 g/mol. The first kappa shape index (κ1) is 18.4. The normalized spacial score (nSPS) is 15.2. The molecule has 0 aromatic heterocycles. The molecule has 1 heterocycles. The van der Waals surface area contributed by atoms with Crippen molar-refractivity contribution in [1.29, 1.82) is 0 Å². The van der Waals surface area contributed by atoms with Crippen LogP contribution in [0.25, 0.3) is 0 Å². The first-order valence-electron chi connectivity index (χ1n) is 8.31. The number of piperazine rings is 1. The Morgan fingerprint density at radius 1 is 1.04 bits per heavy atom. The minimum atomic E-state index is 0.0124. The maximum atomic E-state index is 12.4. The number of nitrogens with one attached hydrogen (secondary N) is 1. The summed E-state index contributed by atoms with van der Waals surface area (Å²) in [4.78, 5) is 17.0. The monoisotopic (exact) mass is 465 g/mol. The van der Waals surface area contributed by atoms with E-state index in [0.717, 1.165) is 46.4 Å². The molecular formula is C19H21Br2N3O. The highest BCUT2D eigenvalue weighted by atomic mass is 79.9. The maximum Gasteiger partial charge on any atom is 0.238 e. The second-order valence-corrected chi connectivity index (χ2v) is 7.96. The Labute approximate surface area is 165 Å². The molecule has 0 spiro atoms. The van der Waals surface area contributed by atoms with Gasteiger partial charge in [0.15, 0.2) is 0 Å². The third kappa shape index (κ3) is 4.84. The molecule has 2 aromatic carbocycles. The van der Waals surface area contributed by atoms with Crippen LogP contribution in [0.3, 0.4) is 0 Å². The van der Waals surface area contributed by atoms with Crippen LogP contribution in [0.15, 0.2) is 51.4 Å². The Morgan fingerprint density at radius 2 is 1.64 bits per heavy atom. The number of aryl methyl sites for hydroxylation is 1. The Hall–Kier alpha value is -1.37. The number of hydrogen-bond acceptors (Lipinski definition) is 3.